The zero-order valence-corrected chi connectivity index (χ0v) is 13.3. The van der Waals surface area contributed by atoms with Crippen LogP contribution in [-0.2, 0) is 0 Å². The molecule has 0 heterocycles. The minimum absolute atomic E-state index is 0.0754. The summed E-state index contributed by atoms with van der Waals surface area (Å²) in [4.78, 5) is 12.1. The normalized spacial score (nSPS) is 33.3. The van der Waals surface area contributed by atoms with Crippen molar-refractivity contribution in [2.45, 2.75) is 44.1 Å². The number of hydrogen-bond acceptors (Lipinski definition) is 3. The van der Waals surface area contributed by atoms with E-state index in [4.69, 9.17) is 0 Å². The first-order valence-electron chi connectivity index (χ1n) is 7.52. The third-order valence-electron chi connectivity index (χ3n) is 5.99. The second-order valence-corrected chi connectivity index (χ2v) is 7.97. The molecule has 21 heavy (non-hydrogen) atoms. The Bertz CT molecular complexity index is 569. The van der Waals surface area contributed by atoms with Crippen LogP contribution in [0, 0.1) is 16.7 Å². The van der Waals surface area contributed by atoms with Gasteiger partial charge in [0.25, 0.3) is 0 Å². The minimum atomic E-state index is -0.883. The van der Waals surface area contributed by atoms with Crippen LogP contribution in [0.5, 0.6) is 0 Å². The Labute approximate surface area is 129 Å². The molecule has 0 spiro atoms. The van der Waals surface area contributed by atoms with Crippen LogP contribution < -0.4 is 0 Å². The summed E-state index contributed by atoms with van der Waals surface area (Å²) < 4.78 is 0. The van der Waals surface area contributed by atoms with Gasteiger partial charge in [0.15, 0.2) is 0 Å². The highest BCUT2D eigenvalue weighted by atomic mass is 32.2. The first-order chi connectivity index (χ1) is 9.88. The summed E-state index contributed by atoms with van der Waals surface area (Å²) in [6, 6.07) is 7.15. The van der Waals surface area contributed by atoms with Crippen molar-refractivity contribution in [1.82, 2.24) is 0 Å². The van der Waals surface area contributed by atoms with Gasteiger partial charge in [0.1, 0.15) is 0 Å². The topological polar surface area (TPSA) is 57.5 Å². The molecular weight excluding hydrogens is 284 g/mol. The summed E-state index contributed by atoms with van der Waals surface area (Å²) >= 11 is 1.59. The summed E-state index contributed by atoms with van der Waals surface area (Å²) in [7, 11) is 0. The molecule has 3 atom stereocenters. The predicted molar refractivity (Wildman–Crippen MR) is 83.7 cm³/mol. The molecule has 2 aliphatic rings. The highest BCUT2D eigenvalue weighted by Gasteiger charge is 2.63. The van der Waals surface area contributed by atoms with Crippen LogP contribution in [0.1, 0.15) is 43.5 Å². The molecule has 1 aromatic rings. The third-order valence-corrected chi connectivity index (χ3v) is 7.32. The summed E-state index contributed by atoms with van der Waals surface area (Å²) in [6.07, 6.45) is 2.88. The molecular formula is C17H22O3S. The molecule has 0 amide bonds. The number of thioether (sulfide) groups is 1. The Morgan fingerprint density at radius 2 is 2.10 bits per heavy atom. The van der Waals surface area contributed by atoms with E-state index in [1.54, 1.807) is 23.9 Å². The quantitative estimate of drug-likeness (QED) is 0.833. The number of carboxylic acids is 1. The van der Waals surface area contributed by atoms with Gasteiger partial charge in [0.05, 0.1) is 11.7 Å². The first kappa shape index (κ1) is 14.9. The van der Waals surface area contributed by atoms with Gasteiger partial charge in [-0.2, -0.15) is 0 Å². The Balaban J connectivity index is 1.84. The molecule has 2 bridgehead atoms. The van der Waals surface area contributed by atoms with Crippen LogP contribution in [0.4, 0.5) is 0 Å². The number of aliphatic hydroxyl groups excluding tert-OH is 1. The van der Waals surface area contributed by atoms with E-state index in [-0.39, 0.29) is 16.9 Å². The summed E-state index contributed by atoms with van der Waals surface area (Å²) in [6.45, 7) is 4.54. The van der Waals surface area contributed by atoms with E-state index in [0.717, 1.165) is 23.5 Å². The third kappa shape index (κ3) is 2.11. The SMILES string of the molecule is CC1(C)[C@@H]2CC[C@@]1(CSc1ccccc1C(=O)O)[C@H](O)C2. The molecule has 4 heteroatoms. The molecule has 2 N–H and O–H groups in total. The van der Waals surface area contributed by atoms with Gasteiger partial charge in [0.2, 0.25) is 0 Å². The van der Waals surface area contributed by atoms with Crippen molar-refractivity contribution in [3.05, 3.63) is 29.8 Å². The highest BCUT2D eigenvalue weighted by molar-refractivity contribution is 7.99. The number of rotatable bonds is 4. The molecule has 1 aromatic carbocycles. The standard InChI is InChI=1S/C17H22O3S/c1-16(2)11-7-8-17(16,14(18)9-11)10-21-13-6-4-3-5-12(13)15(19)20/h3-6,11,14,18H,7-10H2,1-2H3,(H,19,20)/t11-,14-,17-/m1/s1. The van der Waals surface area contributed by atoms with Gasteiger partial charge in [-0.15, -0.1) is 11.8 Å². The van der Waals surface area contributed by atoms with Crippen molar-refractivity contribution in [2.75, 3.05) is 5.75 Å². The first-order valence-corrected chi connectivity index (χ1v) is 8.50. The van der Waals surface area contributed by atoms with E-state index in [0.29, 0.717) is 11.5 Å². The fraction of sp³-hybridized carbons (Fsp3) is 0.588. The molecule has 0 unspecified atom stereocenters. The molecule has 2 aliphatic carbocycles. The van der Waals surface area contributed by atoms with Gasteiger partial charge in [-0.25, -0.2) is 4.79 Å². The van der Waals surface area contributed by atoms with E-state index in [9.17, 15) is 15.0 Å². The largest absolute Gasteiger partial charge is 0.478 e. The molecule has 3 nitrogen and oxygen atoms in total. The average molecular weight is 306 g/mol. The smallest absolute Gasteiger partial charge is 0.336 e. The highest BCUT2D eigenvalue weighted by Crippen LogP contribution is 2.66. The monoisotopic (exact) mass is 306 g/mol. The Hall–Kier alpha value is -1.00. The summed E-state index contributed by atoms with van der Waals surface area (Å²) in [5.74, 6) is 0.510. The van der Waals surface area contributed by atoms with E-state index >= 15 is 0 Å². The Morgan fingerprint density at radius 1 is 1.38 bits per heavy atom. The number of aromatic carboxylic acids is 1. The minimum Gasteiger partial charge on any atom is -0.478 e. The molecule has 3 rings (SSSR count). The van der Waals surface area contributed by atoms with Crippen LogP contribution >= 0.6 is 11.8 Å². The predicted octanol–water partition coefficient (Wildman–Crippen LogP) is 3.66. The molecule has 0 saturated heterocycles. The lowest BCUT2D eigenvalue weighted by atomic mass is 9.70. The molecule has 2 saturated carbocycles. The fourth-order valence-corrected chi connectivity index (χ4v) is 5.96. The lowest BCUT2D eigenvalue weighted by Gasteiger charge is -2.40. The zero-order chi connectivity index (χ0) is 15.3. The average Bonchev–Trinajstić information content (AvgIpc) is 2.79. The van der Waals surface area contributed by atoms with Crippen LogP contribution in [0.2, 0.25) is 0 Å². The van der Waals surface area contributed by atoms with Crippen LogP contribution in [-0.4, -0.2) is 28.0 Å². The van der Waals surface area contributed by atoms with Gasteiger partial charge >= 0.3 is 5.97 Å². The van der Waals surface area contributed by atoms with Gasteiger partial charge in [-0.3, -0.25) is 0 Å². The van der Waals surface area contributed by atoms with Crippen molar-refractivity contribution in [3.63, 3.8) is 0 Å². The molecule has 0 aliphatic heterocycles. The van der Waals surface area contributed by atoms with Gasteiger partial charge in [0, 0.05) is 16.1 Å². The summed E-state index contributed by atoms with van der Waals surface area (Å²) in [5, 5.41) is 19.8. The molecule has 2 fully saturated rings. The second-order valence-electron chi connectivity index (χ2n) is 6.95. The molecule has 0 radical (unpaired) electrons. The Morgan fingerprint density at radius 3 is 2.67 bits per heavy atom. The lowest BCUT2D eigenvalue weighted by Crippen LogP contribution is -2.40. The maximum Gasteiger partial charge on any atom is 0.336 e. The van der Waals surface area contributed by atoms with Crippen molar-refractivity contribution in [2.24, 2.45) is 16.7 Å². The number of carbonyl (C=O) groups is 1. The van der Waals surface area contributed by atoms with Crippen molar-refractivity contribution < 1.29 is 15.0 Å². The van der Waals surface area contributed by atoms with E-state index in [1.807, 2.05) is 12.1 Å². The maximum atomic E-state index is 11.3. The van der Waals surface area contributed by atoms with Crippen LogP contribution in [0.25, 0.3) is 0 Å². The van der Waals surface area contributed by atoms with Gasteiger partial charge in [-0.05, 0) is 42.7 Å². The summed E-state index contributed by atoms with van der Waals surface area (Å²) in [5.41, 5.74) is 0.421. The number of benzene rings is 1. The van der Waals surface area contributed by atoms with E-state index in [2.05, 4.69) is 13.8 Å². The van der Waals surface area contributed by atoms with Crippen molar-refractivity contribution >= 4 is 17.7 Å². The Kier molecular flexibility index (Phi) is 3.57. The number of hydrogen-bond donors (Lipinski definition) is 2. The second kappa shape index (κ2) is 5.03. The number of aliphatic hydroxyl groups is 1. The van der Waals surface area contributed by atoms with E-state index < -0.39 is 5.97 Å². The molecule has 0 aromatic heterocycles. The number of carboxylic acid groups (broad SMARTS) is 1. The van der Waals surface area contributed by atoms with Crippen molar-refractivity contribution in [3.8, 4) is 0 Å². The zero-order valence-electron chi connectivity index (χ0n) is 12.5. The molecule has 114 valence electrons. The van der Waals surface area contributed by atoms with Crippen LogP contribution in [0.15, 0.2) is 29.2 Å². The van der Waals surface area contributed by atoms with Crippen LogP contribution in [0.3, 0.4) is 0 Å². The van der Waals surface area contributed by atoms with Crippen molar-refractivity contribution in [1.29, 1.82) is 0 Å². The van der Waals surface area contributed by atoms with Gasteiger partial charge in [-0.1, -0.05) is 26.0 Å². The van der Waals surface area contributed by atoms with E-state index in [1.165, 1.54) is 6.42 Å². The maximum absolute atomic E-state index is 11.3. The fourth-order valence-electron chi connectivity index (χ4n) is 4.36. The lowest BCUT2D eigenvalue weighted by molar-refractivity contribution is 0.0168. The van der Waals surface area contributed by atoms with Gasteiger partial charge < -0.3 is 10.2 Å². The number of fused-ring (bicyclic) bond motifs is 2.